The molecule has 0 radical (unpaired) electrons. The van der Waals surface area contributed by atoms with Crippen LogP contribution in [0.2, 0.25) is 0 Å². The number of anilines is 1. The zero-order valence-corrected chi connectivity index (χ0v) is 10.8. The molecule has 0 saturated heterocycles. The molecule has 1 amide bonds. The number of methoxy groups -OCH3 is 1. The van der Waals surface area contributed by atoms with E-state index in [0.717, 1.165) is 12.1 Å². The van der Waals surface area contributed by atoms with Gasteiger partial charge in [0.25, 0.3) is 5.91 Å². The summed E-state index contributed by atoms with van der Waals surface area (Å²) in [7, 11) is 1.39. The van der Waals surface area contributed by atoms with Gasteiger partial charge in [-0.1, -0.05) is 0 Å². The summed E-state index contributed by atoms with van der Waals surface area (Å²) in [5.74, 6) is -2.35. The molecule has 0 aliphatic carbocycles. The van der Waals surface area contributed by atoms with E-state index in [2.05, 4.69) is 5.32 Å². The molecular formula is C10H10F2INO2. The van der Waals surface area contributed by atoms with E-state index >= 15 is 0 Å². The number of nitrogens with one attached hydrogen (secondary N) is 1. The number of halogens is 3. The van der Waals surface area contributed by atoms with Gasteiger partial charge in [-0.05, 0) is 35.6 Å². The Morgan fingerprint density at radius 3 is 2.56 bits per heavy atom. The van der Waals surface area contributed by atoms with Gasteiger partial charge in [-0.2, -0.15) is 0 Å². The summed E-state index contributed by atoms with van der Waals surface area (Å²) < 4.78 is 31.0. The molecular weight excluding hydrogens is 331 g/mol. The van der Waals surface area contributed by atoms with Crippen molar-refractivity contribution in [2.75, 3.05) is 12.4 Å². The van der Waals surface area contributed by atoms with Crippen LogP contribution in [0, 0.1) is 15.2 Å². The van der Waals surface area contributed by atoms with E-state index in [-0.39, 0.29) is 5.69 Å². The number of carbonyl (C=O) groups is 1. The second-order valence-corrected chi connectivity index (χ2v) is 4.28. The van der Waals surface area contributed by atoms with Crippen LogP contribution in [0.3, 0.4) is 0 Å². The summed E-state index contributed by atoms with van der Waals surface area (Å²) in [6.07, 6.45) is -0.649. The van der Waals surface area contributed by atoms with Crippen molar-refractivity contribution in [3.05, 3.63) is 27.3 Å². The summed E-state index contributed by atoms with van der Waals surface area (Å²) in [4.78, 5) is 11.4. The van der Waals surface area contributed by atoms with Gasteiger partial charge >= 0.3 is 0 Å². The van der Waals surface area contributed by atoms with Crippen molar-refractivity contribution < 1.29 is 18.3 Å². The second-order valence-electron chi connectivity index (χ2n) is 3.11. The van der Waals surface area contributed by atoms with E-state index in [1.54, 1.807) is 6.92 Å². The minimum absolute atomic E-state index is 0.230. The number of benzene rings is 1. The highest BCUT2D eigenvalue weighted by Crippen LogP contribution is 2.21. The van der Waals surface area contributed by atoms with Gasteiger partial charge in [-0.3, -0.25) is 4.79 Å². The van der Waals surface area contributed by atoms with E-state index in [4.69, 9.17) is 4.74 Å². The van der Waals surface area contributed by atoms with Crippen LogP contribution in [-0.2, 0) is 9.53 Å². The molecule has 0 unspecified atom stereocenters. The van der Waals surface area contributed by atoms with E-state index in [0.29, 0.717) is 3.57 Å². The molecule has 0 aliphatic rings. The van der Waals surface area contributed by atoms with Crippen molar-refractivity contribution in [3.8, 4) is 0 Å². The van der Waals surface area contributed by atoms with E-state index in [1.165, 1.54) is 7.11 Å². The lowest BCUT2D eigenvalue weighted by atomic mass is 10.3. The third kappa shape index (κ3) is 3.11. The van der Waals surface area contributed by atoms with E-state index in [9.17, 15) is 13.6 Å². The van der Waals surface area contributed by atoms with Crippen LogP contribution in [0.1, 0.15) is 6.92 Å². The minimum atomic E-state index is -0.999. The molecule has 88 valence electrons. The third-order valence-corrected chi connectivity index (χ3v) is 2.88. The number of hydrogen-bond acceptors (Lipinski definition) is 2. The Hall–Kier alpha value is -0.760. The maximum atomic E-state index is 12.9. The molecule has 1 aromatic rings. The fraction of sp³-hybridized carbons (Fsp3) is 0.300. The molecule has 6 heteroatoms. The number of ether oxygens (including phenoxy) is 1. The monoisotopic (exact) mass is 341 g/mol. The van der Waals surface area contributed by atoms with Gasteiger partial charge in [0.2, 0.25) is 0 Å². The van der Waals surface area contributed by atoms with Crippen molar-refractivity contribution in [3.63, 3.8) is 0 Å². The van der Waals surface area contributed by atoms with Crippen molar-refractivity contribution in [1.29, 1.82) is 0 Å². The predicted molar refractivity (Wildman–Crippen MR) is 64.2 cm³/mol. The fourth-order valence-electron chi connectivity index (χ4n) is 0.960. The Balaban J connectivity index is 2.90. The maximum absolute atomic E-state index is 12.9. The SMILES string of the molecule is CO[C@@H](C)C(=O)Nc1cc(F)c(F)cc1I. The van der Waals surface area contributed by atoms with Crippen LogP contribution in [0.5, 0.6) is 0 Å². The summed E-state index contributed by atoms with van der Waals surface area (Å²) in [6.45, 7) is 1.56. The van der Waals surface area contributed by atoms with E-state index < -0.39 is 23.6 Å². The summed E-state index contributed by atoms with van der Waals surface area (Å²) in [5, 5.41) is 2.45. The van der Waals surface area contributed by atoms with Gasteiger partial charge in [0.15, 0.2) is 11.6 Å². The van der Waals surface area contributed by atoms with Crippen molar-refractivity contribution >= 4 is 34.2 Å². The third-order valence-electron chi connectivity index (χ3n) is 1.99. The minimum Gasteiger partial charge on any atom is -0.372 e. The number of carbonyl (C=O) groups excluding carboxylic acids is 1. The molecule has 0 aliphatic heterocycles. The number of amides is 1. The second kappa shape index (κ2) is 5.53. The lowest BCUT2D eigenvalue weighted by molar-refractivity contribution is -0.124. The standard InChI is InChI=1S/C10H10F2INO2/c1-5(16-2)10(15)14-9-4-7(12)6(11)3-8(9)13/h3-5H,1-2H3,(H,14,15)/t5-/m0/s1. The van der Waals surface area contributed by atoms with Gasteiger partial charge in [-0.15, -0.1) is 0 Å². The Morgan fingerprint density at radius 1 is 1.44 bits per heavy atom. The summed E-state index contributed by atoms with van der Waals surface area (Å²) >= 11 is 1.81. The molecule has 0 bridgehead atoms. The highest BCUT2D eigenvalue weighted by molar-refractivity contribution is 14.1. The first-order chi connectivity index (χ1) is 7.45. The van der Waals surface area contributed by atoms with Crippen LogP contribution in [0.15, 0.2) is 12.1 Å². The first-order valence-electron chi connectivity index (χ1n) is 4.44. The van der Waals surface area contributed by atoms with Gasteiger partial charge in [0.1, 0.15) is 6.10 Å². The molecule has 0 aromatic heterocycles. The molecule has 1 rings (SSSR count). The molecule has 3 nitrogen and oxygen atoms in total. The van der Waals surface area contributed by atoms with E-state index in [1.807, 2.05) is 22.6 Å². The number of hydrogen-bond donors (Lipinski definition) is 1. The van der Waals surface area contributed by atoms with Gasteiger partial charge < -0.3 is 10.1 Å². The maximum Gasteiger partial charge on any atom is 0.253 e. The zero-order valence-electron chi connectivity index (χ0n) is 8.68. The van der Waals surface area contributed by atoms with Crippen LogP contribution in [-0.4, -0.2) is 19.1 Å². The Kier molecular flexibility index (Phi) is 4.60. The average Bonchev–Trinajstić information content (AvgIpc) is 2.24. The lowest BCUT2D eigenvalue weighted by Crippen LogP contribution is -2.27. The Bertz CT molecular complexity index is 412. The van der Waals surface area contributed by atoms with Crippen LogP contribution >= 0.6 is 22.6 Å². The lowest BCUT2D eigenvalue weighted by Gasteiger charge is -2.11. The molecule has 1 aromatic carbocycles. The molecule has 16 heavy (non-hydrogen) atoms. The predicted octanol–water partition coefficient (Wildman–Crippen LogP) is 2.54. The quantitative estimate of drug-likeness (QED) is 0.678. The molecule has 0 fully saturated rings. The van der Waals surface area contributed by atoms with Crippen LogP contribution < -0.4 is 5.32 Å². The van der Waals surface area contributed by atoms with Gasteiger partial charge in [-0.25, -0.2) is 8.78 Å². The van der Waals surface area contributed by atoms with Crippen LogP contribution in [0.25, 0.3) is 0 Å². The Morgan fingerprint density at radius 2 is 2.00 bits per heavy atom. The molecule has 0 spiro atoms. The largest absolute Gasteiger partial charge is 0.372 e. The molecule has 0 saturated carbocycles. The van der Waals surface area contributed by atoms with Gasteiger partial charge in [0, 0.05) is 16.7 Å². The Labute approximate surface area is 105 Å². The normalized spacial score (nSPS) is 12.3. The molecule has 1 atom stereocenters. The van der Waals surface area contributed by atoms with Crippen molar-refractivity contribution in [2.45, 2.75) is 13.0 Å². The topological polar surface area (TPSA) is 38.3 Å². The first kappa shape index (κ1) is 13.3. The molecule has 0 heterocycles. The first-order valence-corrected chi connectivity index (χ1v) is 5.51. The summed E-state index contributed by atoms with van der Waals surface area (Å²) in [6, 6.07) is 1.96. The molecule has 1 N–H and O–H groups in total. The highest BCUT2D eigenvalue weighted by Gasteiger charge is 2.15. The van der Waals surface area contributed by atoms with Gasteiger partial charge in [0.05, 0.1) is 5.69 Å². The average molecular weight is 341 g/mol. The number of rotatable bonds is 3. The highest BCUT2D eigenvalue weighted by atomic mass is 127. The van der Waals surface area contributed by atoms with Crippen molar-refractivity contribution in [1.82, 2.24) is 0 Å². The smallest absolute Gasteiger partial charge is 0.253 e. The summed E-state index contributed by atoms with van der Waals surface area (Å²) in [5.41, 5.74) is 0.230. The fourth-order valence-corrected chi connectivity index (χ4v) is 1.52. The van der Waals surface area contributed by atoms with Crippen LogP contribution in [0.4, 0.5) is 14.5 Å². The zero-order chi connectivity index (χ0) is 12.3. The van der Waals surface area contributed by atoms with Crippen molar-refractivity contribution in [2.24, 2.45) is 0 Å².